The second-order valence-electron chi connectivity index (χ2n) is 5.30. The molecule has 1 saturated heterocycles. The molecule has 0 aromatic heterocycles. The molecule has 7 nitrogen and oxygen atoms in total. The van der Waals surface area contributed by atoms with Crippen molar-refractivity contribution in [2.24, 2.45) is 5.92 Å². The summed E-state index contributed by atoms with van der Waals surface area (Å²) in [5, 5.41) is 11.0. The molecule has 0 saturated carbocycles. The Morgan fingerprint density at radius 2 is 1.86 bits per heavy atom. The lowest BCUT2D eigenvalue weighted by Gasteiger charge is -2.35. The lowest BCUT2D eigenvalue weighted by Crippen LogP contribution is -2.51. The first-order valence-corrected chi connectivity index (χ1v) is 6.81. The van der Waals surface area contributed by atoms with E-state index in [1.54, 1.807) is 7.11 Å². The number of carboxylic acid groups (broad SMARTS) is 1. The Labute approximate surface area is 123 Å². The largest absolute Gasteiger partial charge is 0.478 e. The Morgan fingerprint density at radius 1 is 1.24 bits per heavy atom. The summed E-state index contributed by atoms with van der Waals surface area (Å²) in [6, 6.07) is -0.522. The first-order chi connectivity index (χ1) is 9.77. The molecule has 1 fully saturated rings. The highest BCUT2D eigenvalue weighted by Crippen LogP contribution is 2.19. The van der Waals surface area contributed by atoms with Crippen molar-refractivity contribution in [2.45, 2.75) is 33.3 Å². The molecule has 21 heavy (non-hydrogen) atoms. The van der Waals surface area contributed by atoms with Crippen molar-refractivity contribution in [3.05, 3.63) is 11.1 Å². The standard InChI is InChI=1S/C14H22N2O5/c1-8-5-6-16(7-11(8)21-4)14(20)15-12(17)9(2)10(3)13(18)19/h8,11H,5-7H2,1-4H3,(H,18,19)(H,15,17,20). The number of piperidine rings is 1. The molecule has 0 radical (unpaired) electrons. The maximum atomic E-state index is 12.0. The Balaban J connectivity index is 2.67. The van der Waals surface area contributed by atoms with E-state index in [0.29, 0.717) is 19.0 Å². The molecule has 7 heteroatoms. The van der Waals surface area contributed by atoms with E-state index < -0.39 is 17.9 Å². The van der Waals surface area contributed by atoms with E-state index in [-0.39, 0.29) is 17.3 Å². The fourth-order valence-electron chi connectivity index (χ4n) is 2.13. The number of methoxy groups -OCH3 is 1. The summed E-state index contributed by atoms with van der Waals surface area (Å²) >= 11 is 0. The number of amides is 3. The lowest BCUT2D eigenvalue weighted by molar-refractivity contribution is -0.133. The fraction of sp³-hybridized carbons (Fsp3) is 0.643. The van der Waals surface area contributed by atoms with Gasteiger partial charge in [-0.25, -0.2) is 9.59 Å². The third-order valence-corrected chi connectivity index (χ3v) is 3.92. The Morgan fingerprint density at radius 3 is 2.38 bits per heavy atom. The van der Waals surface area contributed by atoms with Crippen molar-refractivity contribution in [3.63, 3.8) is 0 Å². The minimum atomic E-state index is -1.18. The zero-order valence-corrected chi connectivity index (χ0v) is 12.8. The third-order valence-electron chi connectivity index (χ3n) is 3.92. The smallest absolute Gasteiger partial charge is 0.331 e. The Kier molecular flexibility index (Phi) is 5.90. The van der Waals surface area contributed by atoms with Crippen molar-refractivity contribution in [1.29, 1.82) is 0 Å². The molecule has 1 heterocycles. The highest BCUT2D eigenvalue weighted by atomic mass is 16.5. The number of carbonyl (C=O) groups excluding carboxylic acids is 2. The van der Waals surface area contributed by atoms with Gasteiger partial charge in [0.25, 0.3) is 5.91 Å². The topological polar surface area (TPSA) is 95.9 Å². The van der Waals surface area contributed by atoms with Crippen LogP contribution in [0.25, 0.3) is 0 Å². The molecule has 2 atom stereocenters. The summed E-state index contributed by atoms with van der Waals surface area (Å²) < 4.78 is 5.31. The molecule has 0 aromatic rings. The minimum absolute atomic E-state index is 0.0181. The number of imide groups is 1. The normalized spacial score (nSPS) is 23.3. The number of hydrogen-bond acceptors (Lipinski definition) is 4. The van der Waals surface area contributed by atoms with Gasteiger partial charge in [0, 0.05) is 31.3 Å². The predicted octanol–water partition coefficient (Wildman–Crippen LogP) is 1.00. The van der Waals surface area contributed by atoms with Gasteiger partial charge >= 0.3 is 12.0 Å². The Hall–Kier alpha value is -1.89. The zero-order valence-electron chi connectivity index (χ0n) is 12.8. The van der Waals surface area contributed by atoms with Crippen LogP contribution in [0.2, 0.25) is 0 Å². The van der Waals surface area contributed by atoms with E-state index >= 15 is 0 Å². The summed E-state index contributed by atoms with van der Waals surface area (Å²) in [6.07, 6.45) is 0.736. The van der Waals surface area contributed by atoms with Gasteiger partial charge in [-0.1, -0.05) is 6.92 Å². The van der Waals surface area contributed by atoms with Gasteiger partial charge in [0.1, 0.15) is 0 Å². The number of nitrogens with one attached hydrogen (secondary N) is 1. The molecular weight excluding hydrogens is 276 g/mol. The van der Waals surface area contributed by atoms with Gasteiger partial charge in [-0.05, 0) is 26.2 Å². The van der Waals surface area contributed by atoms with E-state index in [1.165, 1.54) is 18.7 Å². The summed E-state index contributed by atoms with van der Waals surface area (Å²) in [5.41, 5.74) is -0.0631. The number of urea groups is 1. The molecule has 2 unspecified atom stereocenters. The lowest BCUT2D eigenvalue weighted by atomic mass is 9.96. The van der Waals surface area contributed by atoms with Crippen molar-refractivity contribution in [1.82, 2.24) is 10.2 Å². The average Bonchev–Trinajstić information content (AvgIpc) is 2.45. The second kappa shape index (κ2) is 7.21. The summed E-state index contributed by atoms with van der Waals surface area (Å²) in [7, 11) is 1.59. The van der Waals surface area contributed by atoms with Crippen LogP contribution in [0.5, 0.6) is 0 Å². The number of carboxylic acids is 1. The van der Waals surface area contributed by atoms with Crippen molar-refractivity contribution in [2.75, 3.05) is 20.2 Å². The van der Waals surface area contributed by atoms with Gasteiger partial charge in [0.15, 0.2) is 0 Å². The van der Waals surface area contributed by atoms with E-state index in [2.05, 4.69) is 12.2 Å². The van der Waals surface area contributed by atoms with Crippen LogP contribution < -0.4 is 5.32 Å². The summed E-state index contributed by atoms with van der Waals surface area (Å²) in [5.74, 6) is -1.51. The van der Waals surface area contributed by atoms with Crippen LogP contribution in [0.4, 0.5) is 4.79 Å². The van der Waals surface area contributed by atoms with Crippen LogP contribution in [-0.4, -0.2) is 54.2 Å². The molecule has 0 aromatic carbocycles. The monoisotopic (exact) mass is 298 g/mol. The van der Waals surface area contributed by atoms with Crippen LogP contribution >= 0.6 is 0 Å². The molecule has 0 bridgehead atoms. The van der Waals surface area contributed by atoms with Gasteiger partial charge in [0.2, 0.25) is 0 Å². The first kappa shape index (κ1) is 17.2. The van der Waals surface area contributed by atoms with E-state index in [9.17, 15) is 14.4 Å². The van der Waals surface area contributed by atoms with Gasteiger partial charge in [0.05, 0.1) is 6.10 Å². The van der Waals surface area contributed by atoms with Crippen LogP contribution in [0.15, 0.2) is 11.1 Å². The number of nitrogens with zero attached hydrogens (tertiary/aromatic N) is 1. The van der Waals surface area contributed by atoms with Crippen molar-refractivity contribution in [3.8, 4) is 0 Å². The van der Waals surface area contributed by atoms with Crippen molar-refractivity contribution >= 4 is 17.9 Å². The number of aliphatic carboxylic acids is 1. The van der Waals surface area contributed by atoms with Gasteiger partial charge in [-0.2, -0.15) is 0 Å². The minimum Gasteiger partial charge on any atom is -0.478 e. The van der Waals surface area contributed by atoms with Crippen LogP contribution in [-0.2, 0) is 14.3 Å². The first-order valence-electron chi connectivity index (χ1n) is 6.81. The number of ether oxygens (including phenoxy) is 1. The van der Waals surface area contributed by atoms with E-state index in [0.717, 1.165) is 6.42 Å². The van der Waals surface area contributed by atoms with Gasteiger partial charge < -0.3 is 14.7 Å². The van der Waals surface area contributed by atoms with E-state index in [4.69, 9.17) is 9.84 Å². The number of hydrogen-bond donors (Lipinski definition) is 2. The van der Waals surface area contributed by atoms with Crippen LogP contribution in [0, 0.1) is 5.92 Å². The molecule has 1 aliphatic rings. The molecule has 2 N–H and O–H groups in total. The van der Waals surface area contributed by atoms with Gasteiger partial charge in [-0.15, -0.1) is 0 Å². The van der Waals surface area contributed by atoms with Crippen LogP contribution in [0.1, 0.15) is 27.2 Å². The molecular formula is C14H22N2O5. The van der Waals surface area contributed by atoms with Crippen molar-refractivity contribution < 1.29 is 24.2 Å². The maximum absolute atomic E-state index is 12.0. The van der Waals surface area contributed by atoms with E-state index in [1.807, 2.05) is 0 Å². The SMILES string of the molecule is COC1CN(C(=O)NC(=O)C(C)=C(C)C(=O)O)CCC1C. The quantitative estimate of drug-likeness (QED) is 0.758. The number of likely N-dealkylation sites (tertiary alicyclic amines) is 1. The molecule has 118 valence electrons. The fourth-order valence-corrected chi connectivity index (χ4v) is 2.13. The highest BCUT2D eigenvalue weighted by Gasteiger charge is 2.29. The number of carbonyl (C=O) groups is 3. The summed E-state index contributed by atoms with van der Waals surface area (Å²) in [4.78, 5) is 36.2. The predicted molar refractivity (Wildman–Crippen MR) is 75.7 cm³/mol. The highest BCUT2D eigenvalue weighted by molar-refractivity contribution is 6.07. The Bertz CT molecular complexity index is 472. The average molecular weight is 298 g/mol. The molecule has 0 aliphatic carbocycles. The summed E-state index contributed by atoms with van der Waals surface area (Å²) in [6.45, 7) is 5.71. The second-order valence-corrected chi connectivity index (χ2v) is 5.30. The number of rotatable bonds is 3. The molecule has 3 amide bonds. The van der Waals surface area contributed by atoms with Crippen LogP contribution in [0.3, 0.4) is 0 Å². The van der Waals surface area contributed by atoms with Gasteiger partial charge in [-0.3, -0.25) is 10.1 Å². The zero-order chi connectivity index (χ0) is 16.2. The molecule has 1 rings (SSSR count). The third kappa shape index (κ3) is 4.29. The maximum Gasteiger partial charge on any atom is 0.331 e. The molecule has 1 aliphatic heterocycles. The molecule has 0 spiro atoms.